The molecule has 3 rings (SSSR count). The predicted octanol–water partition coefficient (Wildman–Crippen LogP) is 5.48. The fourth-order valence-electron chi connectivity index (χ4n) is 4.11. The molecule has 1 heterocycles. The number of hydrogen-bond donors (Lipinski definition) is 2. The van der Waals surface area contributed by atoms with Crippen molar-refractivity contribution >= 4 is 40.9 Å². The molecular weight excluding hydrogens is 542 g/mol. The van der Waals surface area contributed by atoms with Gasteiger partial charge in [0.1, 0.15) is 10.8 Å². The van der Waals surface area contributed by atoms with Crippen molar-refractivity contribution in [2.24, 2.45) is 0 Å². The topological polar surface area (TPSA) is 86.8 Å². The third-order valence-corrected chi connectivity index (χ3v) is 7.62. The van der Waals surface area contributed by atoms with Gasteiger partial charge in [-0.05, 0) is 67.3 Å². The average Bonchev–Trinajstić information content (AvgIpc) is 3.33. The molecule has 10 heteroatoms. The van der Waals surface area contributed by atoms with Crippen LogP contribution in [0.3, 0.4) is 0 Å². The summed E-state index contributed by atoms with van der Waals surface area (Å²) in [5.41, 5.74) is 5.10. The molecule has 2 amide bonds. The van der Waals surface area contributed by atoms with Gasteiger partial charge in [0.25, 0.3) is 11.8 Å². The lowest BCUT2D eigenvalue weighted by atomic mass is 10.0. The summed E-state index contributed by atoms with van der Waals surface area (Å²) < 4.78 is 5.65. The van der Waals surface area contributed by atoms with E-state index in [-0.39, 0.29) is 11.8 Å². The summed E-state index contributed by atoms with van der Waals surface area (Å²) in [7, 11) is 5.54. The monoisotopic (exact) mass is 583 g/mol. The average molecular weight is 584 g/mol. The van der Waals surface area contributed by atoms with E-state index < -0.39 is 0 Å². The summed E-state index contributed by atoms with van der Waals surface area (Å²) >= 11 is 2.88. The van der Waals surface area contributed by atoms with E-state index in [0.29, 0.717) is 30.1 Å². The molecule has 2 N–H and O–H groups in total. The highest BCUT2D eigenvalue weighted by Gasteiger charge is 2.18. The van der Waals surface area contributed by atoms with Crippen LogP contribution in [0.5, 0.6) is 5.75 Å². The minimum absolute atomic E-state index is 0.151. The molecule has 1 aromatic heterocycles. The Labute approximate surface area is 246 Å². The third-order valence-electron chi connectivity index (χ3n) is 6.31. The van der Waals surface area contributed by atoms with Crippen LogP contribution >= 0.6 is 23.4 Å². The molecule has 2 aromatic carbocycles. The zero-order valence-electron chi connectivity index (χ0n) is 24.5. The second-order valence-corrected chi connectivity index (χ2v) is 11.8. The normalized spacial score (nSPS) is 11.0. The van der Waals surface area contributed by atoms with Crippen LogP contribution in [0.2, 0.25) is 0 Å². The van der Waals surface area contributed by atoms with Crippen LogP contribution in [0.1, 0.15) is 68.7 Å². The van der Waals surface area contributed by atoms with Gasteiger partial charge in [0, 0.05) is 68.4 Å². The maximum absolute atomic E-state index is 13.2. The number of nitrogens with one attached hydrogen (secondary N) is 2. The highest BCUT2D eigenvalue weighted by Crippen LogP contribution is 2.25. The quantitative estimate of drug-likeness (QED) is 0.192. The lowest BCUT2D eigenvalue weighted by Crippen LogP contribution is -2.29. The smallest absolute Gasteiger partial charge is 0.254 e. The van der Waals surface area contributed by atoms with Crippen LogP contribution in [-0.4, -0.2) is 62.2 Å². The van der Waals surface area contributed by atoms with E-state index in [0.717, 1.165) is 41.6 Å². The van der Waals surface area contributed by atoms with Crippen LogP contribution in [0.15, 0.2) is 41.8 Å². The van der Waals surface area contributed by atoms with E-state index >= 15 is 0 Å². The number of aromatic nitrogens is 1. The molecule has 216 valence electrons. The molecule has 8 nitrogen and oxygen atoms in total. The van der Waals surface area contributed by atoms with Crippen LogP contribution in [0.25, 0.3) is 0 Å². The molecule has 0 spiro atoms. The summed E-state index contributed by atoms with van der Waals surface area (Å²) in [6.07, 6.45) is 2.69. The Morgan fingerprint density at radius 1 is 1.05 bits per heavy atom. The first-order chi connectivity index (χ1) is 19.1. The number of benzene rings is 2. The Bertz CT molecular complexity index is 1290. The SMILES string of the molecule is CSOc1cc(CNCCCNC(=O)c2cc(C(=O)N(C)Cc3nc(C)cs3)cc(N(C)C)c2)cc(C(C)C)c1. The van der Waals surface area contributed by atoms with E-state index in [1.165, 1.54) is 34.5 Å². The summed E-state index contributed by atoms with van der Waals surface area (Å²) in [4.78, 5) is 34.2. The summed E-state index contributed by atoms with van der Waals surface area (Å²) in [5, 5.41) is 9.31. The van der Waals surface area contributed by atoms with Crippen LogP contribution in [0.4, 0.5) is 5.69 Å². The van der Waals surface area contributed by atoms with E-state index in [2.05, 4.69) is 47.7 Å². The van der Waals surface area contributed by atoms with E-state index in [1.807, 2.05) is 49.7 Å². The molecule has 0 aliphatic carbocycles. The standard InChI is InChI=1S/C30H41N5O3S2/c1-20(2)23-11-22(12-27(16-23)38-39-7)17-31-9-8-10-32-29(36)24-13-25(15-26(14-24)34(4)5)30(37)35(6)18-28-33-21(3)19-40-28/h11-16,19-20,31H,8-10,17-18H2,1-7H3,(H,32,36). The molecule has 0 aliphatic rings. The van der Waals surface area contributed by atoms with Gasteiger partial charge in [-0.25, -0.2) is 4.98 Å². The van der Waals surface area contributed by atoms with E-state index in [4.69, 9.17) is 4.18 Å². The third kappa shape index (κ3) is 9.25. The fourth-order valence-corrected chi connectivity index (χ4v) is 5.22. The van der Waals surface area contributed by atoms with Gasteiger partial charge in [-0.2, -0.15) is 0 Å². The number of nitrogens with zero attached hydrogens (tertiary/aromatic N) is 3. The van der Waals surface area contributed by atoms with Gasteiger partial charge in [0.05, 0.1) is 18.6 Å². The van der Waals surface area contributed by atoms with Crippen molar-refractivity contribution in [3.63, 3.8) is 0 Å². The molecule has 0 fully saturated rings. The number of aryl methyl sites for hydroxylation is 1. The van der Waals surface area contributed by atoms with Crippen LogP contribution in [-0.2, 0) is 13.1 Å². The lowest BCUT2D eigenvalue weighted by molar-refractivity contribution is 0.0785. The molecule has 0 aliphatic heterocycles. The van der Waals surface area contributed by atoms with Gasteiger partial charge in [-0.3, -0.25) is 9.59 Å². The minimum atomic E-state index is -0.195. The van der Waals surface area contributed by atoms with Gasteiger partial charge in [-0.15, -0.1) is 11.3 Å². The zero-order valence-corrected chi connectivity index (χ0v) is 26.2. The van der Waals surface area contributed by atoms with Crippen molar-refractivity contribution in [2.75, 3.05) is 45.4 Å². The molecule has 0 radical (unpaired) electrons. The zero-order chi connectivity index (χ0) is 29.2. The highest BCUT2D eigenvalue weighted by atomic mass is 32.2. The minimum Gasteiger partial charge on any atom is -0.426 e. The van der Waals surface area contributed by atoms with Gasteiger partial charge >= 0.3 is 0 Å². The number of rotatable bonds is 14. The number of carbonyl (C=O) groups is 2. The van der Waals surface area contributed by atoms with Crippen LogP contribution in [0, 0.1) is 6.92 Å². The Hall–Kier alpha value is -3.08. The van der Waals surface area contributed by atoms with Crippen molar-refractivity contribution in [1.82, 2.24) is 20.5 Å². The van der Waals surface area contributed by atoms with E-state index in [9.17, 15) is 9.59 Å². The first kappa shape index (κ1) is 31.4. The molecule has 0 unspecified atom stereocenters. The number of thiazole rings is 1. The molecule has 40 heavy (non-hydrogen) atoms. The van der Waals surface area contributed by atoms with Crippen LogP contribution < -0.4 is 19.7 Å². The van der Waals surface area contributed by atoms with Crippen molar-refractivity contribution < 1.29 is 13.8 Å². The second-order valence-electron chi connectivity index (χ2n) is 10.3. The molecular formula is C30H41N5O3S2. The number of carbonyl (C=O) groups excluding carboxylic acids is 2. The highest BCUT2D eigenvalue weighted by molar-refractivity contribution is 7.94. The number of anilines is 1. The van der Waals surface area contributed by atoms with Crippen molar-refractivity contribution in [2.45, 2.75) is 46.2 Å². The Morgan fingerprint density at radius 3 is 2.45 bits per heavy atom. The maximum atomic E-state index is 13.2. The second kappa shape index (κ2) is 15.1. The molecule has 0 saturated heterocycles. The van der Waals surface area contributed by atoms with Gasteiger partial charge in [0.15, 0.2) is 0 Å². The van der Waals surface area contributed by atoms with E-state index in [1.54, 1.807) is 18.0 Å². The Kier molecular flexibility index (Phi) is 11.8. The lowest BCUT2D eigenvalue weighted by Gasteiger charge is -2.19. The number of amides is 2. The first-order valence-electron chi connectivity index (χ1n) is 13.4. The summed E-state index contributed by atoms with van der Waals surface area (Å²) in [6.45, 7) is 8.71. The maximum Gasteiger partial charge on any atom is 0.254 e. The molecule has 0 saturated carbocycles. The van der Waals surface area contributed by atoms with Gasteiger partial charge in [-0.1, -0.05) is 19.9 Å². The van der Waals surface area contributed by atoms with Crippen molar-refractivity contribution in [3.05, 3.63) is 74.7 Å². The molecule has 3 aromatic rings. The summed E-state index contributed by atoms with van der Waals surface area (Å²) in [5.74, 6) is 0.941. The summed E-state index contributed by atoms with van der Waals surface area (Å²) in [6, 6.07) is 11.6. The molecule has 0 bridgehead atoms. The number of hydrogen-bond acceptors (Lipinski definition) is 8. The van der Waals surface area contributed by atoms with Crippen molar-refractivity contribution in [1.29, 1.82) is 0 Å². The van der Waals surface area contributed by atoms with Gasteiger partial charge < -0.3 is 24.6 Å². The predicted molar refractivity (Wildman–Crippen MR) is 167 cm³/mol. The van der Waals surface area contributed by atoms with Crippen molar-refractivity contribution in [3.8, 4) is 5.75 Å². The Balaban J connectivity index is 1.55. The first-order valence-corrected chi connectivity index (χ1v) is 15.4. The molecule has 0 atom stereocenters. The largest absolute Gasteiger partial charge is 0.426 e. The van der Waals surface area contributed by atoms with Gasteiger partial charge in [0.2, 0.25) is 0 Å². The Morgan fingerprint density at radius 2 is 1.80 bits per heavy atom. The fraction of sp³-hybridized carbons (Fsp3) is 0.433.